The Hall–Kier alpha value is -2.18. The molecule has 0 bridgehead atoms. The number of nitrogens with zero attached hydrogens (tertiary/aromatic N) is 1. The molecule has 1 fully saturated rings. The molecular weight excluding hydrogens is 311 g/mol. The smallest absolute Gasteiger partial charge is 0.410 e. The standard InChI is InChI=1S/C16H18F3NO3/c1-11(21)13-7-14(16(17,18)19)9-20(8-13)15(22)23-10-12-5-3-2-4-6-12/h2-6,13-14,21H,1,7-10H2/t13-,14?/m1/s1. The fraction of sp³-hybridized carbons (Fsp3) is 0.438. The predicted molar refractivity (Wildman–Crippen MR) is 77.6 cm³/mol. The minimum absolute atomic E-state index is 0.0163. The van der Waals surface area contributed by atoms with Crippen molar-refractivity contribution < 1.29 is 27.8 Å². The number of alkyl halides is 3. The van der Waals surface area contributed by atoms with Crippen molar-refractivity contribution >= 4 is 6.09 Å². The number of carbonyl (C=O) groups excluding carboxylic acids is 1. The van der Waals surface area contributed by atoms with Crippen LogP contribution in [0.1, 0.15) is 12.0 Å². The molecule has 0 saturated carbocycles. The van der Waals surface area contributed by atoms with E-state index in [1.165, 1.54) is 0 Å². The van der Waals surface area contributed by atoms with E-state index in [9.17, 15) is 23.1 Å². The van der Waals surface area contributed by atoms with Crippen LogP contribution in [0.2, 0.25) is 0 Å². The van der Waals surface area contributed by atoms with Crippen LogP contribution in [0.25, 0.3) is 0 Å². The van der Waals surface area contributed by atoms with E-state index in [1.807, 2.05) is 0 Å². The van der Waals surface area contributed by atoms with E-state index in [2.05, 4.69) is 6.58 Å². The van der Waals surface area contributed by atoms with E-state index in [4.69, 9.17) is 4.74 Å². The lowest BCUT2D eigenvalue weighted by molar-refractivity contribution is -0.189. The van der Waals surface area contributed by atoms with Crippen LogP contribution in [0.4, 0.5) is 18.0 Å². The molecule has 1 aromatic rings. The number of aliphatic hydroxyl groups is 1. The molecule has 0 aromatic heterocycles. The quantitative estimate of drug-likeness (QED) is 0.856. The van der Waals surface area contributed by atoms with Gasteiger partial charge >= 0.3 is 12.3 Å². The Morgan fingerprint density at radius 1 is 1.30 bits per heavy atom. The number of likely N-dealkylation sites (tertiary alicyclic amines) is 1. The molecule has 126 valence electrons. The lowest BCUT2D eigenvalue weighted by Gasteiger charge is -2.37. The summed E-state index contributed by atoms with van der Waals surface area (Å²) in [6.45, 7) is 2.77. The number of hydrogen-bond acceptors (Lipinski definition) is 3. The third kappa shape index (κ3) is 4.64. The van der Waals surface area contributed by atoms with Crippen molar-refractivity contribution in [2.75, 3.05) is 13.1 Å². The molecule has 1 heterocycles. The van der Waals surface area contributed by atoms with Gasteiger partial charge in [-0.1, -0.05) is 36.9 Å². The minimum atomic E-state index is -4.44. The first kappa shape index (κ1) is 17.2. The number of amides is 1. The fourth-order valence-electron chi connectivity index (χ4n) is 2.54. The second kappa shape index (κ2) is 6.93. The van der Waals surface area contributed by atoms with Gasteiger partial charge in [-0.3, -0.25) is 0 Å². The molecule has 1 aliphatic heterocycles. The maximum Gasteiger partial charge on any atom is 0.410 e. The zero-order valence-electron chi connectivity index (χ0n) is 12.4. The van der Waals surface area contributed by atoms with Crippen LogP contribution >= 0.6 is 0 Å². The third-order valence-electron chi connectivity index (χ3n) is 3.85. The zero-order valence-corrected chi connectivity index (χ0v) is 12.4. The molecule has 1 aromatic carbocycles. The summed E-state index contributed by atoms with van der Waals surface area (Å²) < 4.78 is 44.0. The SMILES string of the molecule is C=C(O)[C@@H]1CC(C(F)(F)F)CN(C(=O)OCc2ccccc2)C1. The van der Waals surface area contributed by atoms with Crippen LogP contribution < -0.4 is 0 Å². The van der Waals surface area contributed by atoms with Crippen molar-refractivity contribution in [1.82, 2.24) is 4.90 Å². The Bertz CT molecular complexity index is 559. The second-order valence-electron chi connectivity index (χ2n) is 5.61. The Morgan fingerprint density at radius 2 is 1.96 bits per heavy atom. The minimum Gasteiger partial charge on any atom is -0.513 e. The van der Waals surface area contributed by atoms with Crippen molar-refractivity contribution in [1.29, 1.82) is 0 Å². The van der Waals surface area contributed by atoms with Crippen LogP contribution in [0.5, 0.6) is 0 Å². The molecular formula is C16H18F3NO3. The number of halogens is 3. The van der Waals surface area contributed by atoms with Crippen molar-refractivity contribution in [3.05, 3.63) is 48.2 Å². The van der Waals surface area contributed by atoms with Crippen LogP contribution in [-0.2, 0) is 11.3 Å². The van der Waals surface area contributed by atoms with E-state index in [0.717, 1.165) is 10.5 Å². The maximum absolute atomic E-state index is 13.0. The van der Waals surface area contributed by atoms with Gasteiger partial charge in [0.1, 0.15) is 6.61 Å². The van der Waals surface area contributed by atoms with Gasteiger partial charge in [0.25, 0.3) is 0 Å². The Balaban J connectivity index is 2.01. The van der Waals surface area contributed by atoms with Gasteiger partial charge in [-0.2, -0.15) is 13.2 Å². The van der Waals surface area contributed by atoms with Gasteiger partial charge in [0.15, 0.2) is 0 Å². The topological polar surface area (TPSA) is 49.8 Å². The summed E-state index contributed by atoms with van der Waals surface area (Å²) >= 11 is 0. The van der Waals surface area contributed by atoms with Crippen LogP contribution in [0.3, 0.4) is 0 Å². The number of benzene rings is 1. The van der Waals surface area contributed by atoms with E-state index in [-0.39, 0.29) is 25.3 Å². The molecule has 7 heteroatoms. The highest BCUT2D eigenvalue weighted by Gasteiger charge is 2.46. The Labute approximate surface area is 132 Å². The average Bonchev–Trinajstić information content (AvgIpc) is 2.52. The largest absolute Gasteiger partial charge is 0.513 e. The van der Waals surface area contributed by atoms with Crippen LogP contribution in [0, 0.1) is 11.8 Å². The Morgan fingerprint density at radius 3 is 2.52 bits per heavy atom. The van der Waals surface area contributed by atoms with Crippen LogP contribution in [0.15, 0.2) is 42.7 Å². The highest BCUT2D eigenvalue weighted by atomic mass is 19.4. The number of ether oxygens (including phenoxy) is 1. The predicted octanol–water partition coefficient (Wildman–Crippen LogP) is 3.90. The van der Waals surface area contributed by atoms with Gasteiger partial charge in [-0.05, 0) is 12.0 Å². The van der Waals surface area contributed by atoms with E-state index < -0.39 is 30.7 Å². The molecule has 2 rings (SSSR count). The third-order valence-corrected chi connectivity index (χ3v) is 3.85. The summed E-state index contributed by atoms with van der Waals surface area (Å²) in [6, 6.07) is 8.85. The number of hydrogen-bond donors (Lipinski definition) is 1. The van der Waals surface area contributed by atoms with Crippen LogP contribution in [-0.4, -0.2) is 35.4 Å². The summed E-state index contributed by atoms with van der Waals surface area (Å²) in [5.74, 6) is -2.85. The van der Waals surface area contributed by atoms with E-state index >= 15 is 0 Å². The fourth-order valence-corrected chi connectivity index (χ4v) is 2.54. The molecule has 1 amide bonds. The average molecular weight is 329 g/mol. The molecule has 23 heavy (non-hydrogen) atoms. The molecule has 1 N–H and O–H groups in total. The molecule has 2 atom stereocenters. The van der Waals surface area contributed by atoms with Gasteiger partial charge < -0.3 is 14.7 Å². The number of rotatable bonds is 3. The summed E-state index contributed by atoms with van der Waals surface area (Å²) in [5, 5.41) is 9.43. The number of carbonyl (C=O) groups is 1. The van der Waals surface area contributed by atoms with E-state index in [1.54, 1.807) is 30.3 Å². The molecule has 0 aliphatic carbocycles. The summed E-state index contributed by atoms with van der Waals surface area (Å²) in [6.07, 6.45) is -5.54. The number of aliphatic hydroxyl groups excluding tert-OH is 1. The van der Waals surface area contributed by atoms with Gasteiger partial charge in [0.2, 0.25) is 0 Å². The molecule has 4 nitrogen and oxygen atoms in total. The monoisotopic (exact) mass is 329 g/mol. The van der Waals surface area contributed by atoms with E-state index in [0.29, 0.717) is 0 Å². The van der Waals surface area contributed by atoms with Crippen molar-refractivity contribution in [2.45, 2.75) is 19.2 Å². The van der Waals surface area contributed by atoms with Crippen molar-refractivity contribution in [3.8, 4) is 0 Å². The van der Waals surface area contributed by atoms with Gasteiger partial charge in [-0.25, -0.2) is 4.79 Å². The first-order chi connectivity index (χ1) is 10.8. The van der Waals surface area contributed by atoms with Gasteiger partial charge in [-0.15, -0.1) is 0 Å². The summed E-state index contributed by atoms with van der Waals surface area (Å²) in [5.41, 5.74) is 0.744. The highest BCUT2D eigenvalue weighted by molar-refractivity contribution is 5.67. The van der Waals surface area contributed by atoms with Gasteiger partial charge in [0, 0.05) is 19.0 Å². The lowest BCUT2D eigenvalue weighted by atomic mass is 9.88. The highest BCUT2D eigenvalue weighted by Crippen LogP contribution is 2.37. The Kier molecular flexibility index (Phi) is 5.18. The van der Waals surface area contributed by atoms with Crippen molar-refractivity contribution in [3.63, 3.8) is 0 Å². The molecule has 1 unspecified atom stereocenters. The van der Waals surface area contributed by atoms with Gasteiger partial charge in [0.05, 0.1) is 11.7 Å². The lowest BCUT2D eigenvalue weighted by Crippen LogP contribution is -2.48. The number of piperidine rings is 1. The van der Waals surface area contributed by atoms with Crippen molar-refractivity contribution in [2.24, 2.45) is 11.8 Å². The normalized spacial score (nSPS) is 21.8. The first-order valence-corrected chi connectivity index (χ1v) is 7.17. The second-order valence-corrected chi connectivity index (χ2v) is 5.61. The molecule has 0 spiro atoms. The first-order valence-electron chi connectivity index (χ1n) is 7.17. The molecule has 0 radical (unpaired) electrons. The molecule has 1 aliphatic rings. The summed E-state index contributed by atoms with van der Waals surface area (Å²) in [4.78, 5) is 13.0. The maximum atomic E-state index is 13.0. The summed E-state index contributed by atoms with van der Waals surface area (Å²) in [7, 11) is 0. The zero-order chi connectivity index (χ0) is 17.0. The molecule has 1 saturated heterocycles.